The fourth-order valence-corrected chi connectivity index (χ4v) is 2.29. The van der Waals surface area contributed by atoms with Crippen molar-refractivity contribution in [1.82, 2.24) is 9.97 Å². The summed E-state index contributed by atoms with van der Waals surface area (Å²) in [5.74, 6) is -0.672. The van der Waals surface area contributed by atoms with E-state index in [9.17, 15) is 18.0 Å². The lowest BCUT2D eigenvalue weighted by molar-refractivity contribution is -0.174. The molecule has 0 aliphatic carbocycles. The Hall–Kier alpha value is -2.13. The summed E-state index contributed by atoms with van der Waals surface area (Å²) in [5.41, 5.74) is 0.416. The SMILES string of the molecule is O=C(COCC(F)(F)F)Nc1ccnc(Sc2ccccn2)c1. The van der Waals surface area contributed by atoms with Crippen molar-refractivity contribution in [1.29, 1.82) is 0 Å². The van der Waals surface area contributed by atoms with Crippen molar-refractivity contribution in [3.8, 4) is 0 Å². The number of nitrogens with zero attached hydrogens (tertiary/aromatic N) is 2. The van der Waals surface area contributed by atoms with Gasteiger partial charge < -0.3 is 10.1 Å². The van der Waals surface area contributed by atoms with Gasteiger partial charge in [-0.3, -0.25) is 4.79 Å². The number of ether oxygens (including phenoxy) is 1. The van der Waals surface area contributed by atoms with Gasteiger partial charge in [0.2, 0.25) is 5.91 Å². The average Bonchev–Trinajstić information content (AvgIpc) is 2.47. The zero-order valence-electron chi connectivity index (χ0n) is 11.7. The van der Waals surface area contributed by atoms with Gasteiger partial charge in [-0.2, -0.15) is 13.2 Å². The third-order valence-electron chi connectivity index (χ3n) is 2.36. The van der Waals surface area contributed by atoms with Gasteiger partial charge in [0, 0.05) is 18.1 Å². The molecule has 2 rings (SSSR count). The first-order chi connectivity index (χ1) is 10.9. The highest BCUT2D eigenvalue weighted by Gasteiger charge is 2.27. The third kappa shape index (κ3) is 6.66. The Bertz CT molecular complexity index is 653. The van der Waals surface area contributed by atoms with Gasteiger partial charge in [-0.05, 0) is 24.3 Å². The number of carbonyl (C=O) groups excluding carboxylic acids is 1. The minimum Gasteiger partial charge on any atom is -0.362 e. The van der Waals surface area contributed by atoms with Crippen molar-refractivity contribution < 1.29 is 22.7 Å². The molecule has 0 radical (unpaired) electrons. The number of anilines is 1. The first-order valence-electron chi connectivity index (χ1n) is 6.42. The van der Waals surface area contributed by atoms with Crippen LogP contribution < -0.4 is 5.32 Å². The van der Waals surface area contributed by atoms with Crippen LogP contribution in [-0.4, -0.2) is 35.3 Å². The Morgan fingerprint density at radius 3 is 2.65 bits per heavy atom. The van der Waals surface area contributed by atoms with Crippen molar-refractivity contribution >= 4 is 23.4 Å². The second-order valence-corrected chi connectivity index (χ2v) is 5.35. The number of pyridine rings is 2. The largest absolute Gasteiger partial charge is 0.411 e. The maximum absolute atomic E-state index is 11.9. The van der Waals surface area contributed by atoms with Crippen LogP contribution in [0.25, 0.3) is 0 Å². The number of alkyl halides is 3. The van der Waals surface area contributed by atoms with E-state index in [1.165, 1.54) is 24.0 Å². The smallest absolute Gasteiger partial charge is 0.362 e. The van der Waals surface area contributed by atoms with Crippen LogP contribution in [0.4, 0.5) is 18.9 Å². The van der Waals surface area contributed by atoms with Crippen LogP contribution in [0.5, 0.6) is 0 Å². The molecule has 9 heteroatoms. The molecular formula is C14H12F3N3O2S. The molecule has 0 aliphatic rings. The summed E-state index contributed by atoms with van der Waals surface area (Å²) in [5, 5.41) is 3.78. The van der Waals surface area contributed by atoms with Crippen molar-refractivity contribution in [3.63, 3.8) is 0 Å². The third-order valence-corrected chi connectivity index (χ3v) is 3.25. The van der Waals surface area contributed by atoms with E-state index in [-0.39, 0.29) is 0 Å². The molecule has 0 saturated carbocycles. The van der Waals surface area contributed by atoms with E-state index in [4.69, 9.17) is 0 Å². The van der Waals surface area contributed by atoms with Crippen molar-refractivity contribution in [3.05, 3.63) is 42.7 Å². The molecule has 122 valence electrons. The van der Waals surface area contributed by atoms with Crippen LogP contribution in [0.1, 0.15) is 0 Å². The molecule has 23 heavy (non-hydrogen) atoms. The second kappa shape index (κ2) is 7.93. The van der Waals surface area contributed by atoms with E-state index in [0.717, 1.165) is 5.03 Å². The number of halogens is 3. The Labute approximate surface area is 134 Å². The average molecular weight is 343 g/mol. The molecular weight excluding hydrogens is 331 g/mol. The van der Waals surface area contributed by atoms with Gasteiger partial charge in [0.1, 0.15) is 23.3 Å². The predicted molar refractivity (Wildman–Crippen MR) is 78.1 cm³/mol. The Kier molecular flexibility index (Phi) is 5.94. The summed E-state index contributed by atoms with van der Waals surface area (Å²) in [6.07, 6.45) is -1.33. The molecule has 2 aromatic rings. The number of amides is 1. The van der Waals surface area contributed by atoms with Gasteiger partial charge in [-0.15, -0.1) is 0 Å². The lowest BCUT2D eigenvalue weighted by Gasteiger charge is -2.09. The van der Waals surface area contributed by atoms with Crippen LogP contribution in [-0.2, 0) is 9.53 Å². The maximum Gasteiger partial charge on any atom is 0.411 e. The fourth-order valence-electron chi connectivity index (χ4n) is 1.51. The molecule has 5 nitrogen and oxygen atoms in total. The fraction of sp³-hybridized carbons (Fsp3) is 0.214. The number of aromatic nitrogens is 2. The highest BCUT2D eigenvalue weighted by Crippen LogP contribution is 2.25. The van der Waals surface area contributed by atoms with Crippen LogP contribution >= 0.6 is 11.8 Å². The topological polar surface area (TPSA) is 64.1 Å². The summed E-state index contributed by atoms with van der Waals surface area (Å²) >= 11 is 1.30. The lowest BCUT2D eigenvalue weighted by Crippen LogP contribution is -2.24. The molecule has 0 unspecified atom stereocenters. The summed E-state index contributed by atoms with van der Waals surface area (Å²) in [4.78, 5) is 19.8. The Morgan fingerprint density at radius 2 is 1.96 bits per heavy atom. The van der Waals surface area contributed by atoms with E-state index >= 15 is 0 Å². The molecule has 0 aliphatic heterocycles. The summed E-state index contributed by atoms with van der Waals surface area (Å²) in [7, 11) is 0. The number of nitrogens with one attached hydrogen (secondary N) is 1. The van der Waals surface area contributed by atoms with Crippen LogP contribution in [0.15, 0.2) is 52.8 Å². The zero-order chi connectivity index (χ0) is 16.7. The highest BCUT2D eigenvalue weighted by molar-refractivity contribution is 7.99. The summed E-state index contributed by atoms with van der Waals surface area (Å²) < 4.78 is 40.0. The molecule has 0 fully saturated rings. The number of rotatable bonds is 6. The number of hydrogen-bond donors (Lipinski definition) is 1. The van der Waals surface area contributed by atoms with E-state index in [0.29, 0.717) is 10.7 Å². The van der Waals surface area contributed by atoms with Crippen LogP contribution in [0.3, 0.4) is 0 Å². The molecule has 1 amide bonds. The molecule has 1 N–H and O–H groups in total. The lowest BCUT2D eigenvalue weighted by atomic mass is 10.4. The summed E-state index contributed by atoms with van der Waals surface area (Å²) in [6, 6.07) is 8.56. The molecule has 0 atom stereocenters. The molecule has 0 saturated heterocycles. The van der Waals surface area contributed by atoms with Gasteiger partial charge in [-0.25, -0.2) is 9.97 Å². The molecule has 0 spiro atoms. The number of carbonyl (C=O) groups is 1. The summed E-state index contributed by atoms with van der Waals surface area (Å²) in [6.45, 7) is -2.14. The highest BCUT2D eigenvalue weighted by atomic mass is 32.2. The molecule has 2 heterocycles. The normalized spacial score (nSPS) is 11.3. The number of hydrogen-bond acceptors (Lipinski definition) is 5. The minimum absolute atomic E-state index is 0.416. The van der Waals surface area contributed by atoms with Crippen molar-refractivity contribution in [2.75, 3.05) is 18.5 Å². The maximum atomic E-state index is 11.9. The van der Waals surface area contributed by atoms with Crippen molar-refractivity contribution in [2.24, 2.45) is 0 Å². The Balaban J connectivity index is 1.88. The van der Waals surface area contributed by atoms with E-state index in [1.807, 2.05) is 12.1 Å². The first-order valence-corrected chi connectivity index (χ1v) is 7.23. The van der Waals surface area contributed by atoms with E-state index in [1.54, 1.807) is 18.3 Å². The van der Waals surface area contributed by atoms with Gasteiger partial charge >= 0.3 is 6.18 Å². The van der Waals surface area contributed by atoms with Gasteiger partial charge in [0.25, 0.3) is 0 Å². The van der Waals surface area contributed by atoms with Crippen LogP contribution in [0.2, 0.25) is 0 Å². The zero-order valence-corrected chi connectivity index (χ0v) is 12.5. The van der Waals surface area contributed by atoms with Gasteiger partial charge in [0.15, 0.2) is 0 Å². The second-order valence-electron chi connectivity index (χ2n) is 4.31. The van der Waals surface area contributed by atoms with Gasteiger partial charge in [0.05, 0.1) is 0 Å². The van der Waals surface area contributed by atoms with Crippen molar-refractivity contribution in [2.45, 2.75) is 16.2 Å². The van der Waals surface area contributed by atoms with E-state index < -0.39 is 25.3 Å². The minimum atomic E-state index is -4.45. The van der Waals surface area contributed by atoms with E-state index in [2.05, 4.69) is 20.0 Å². The molecule has 0 aromatic carbocycles. The van der Waals surface area contributed by atoms with Crippen LogP contribution in [0, 0.1) is 0 Å². The predicted octanol–water partition coefficient (Wildman–Crippen LogP) is 3.15. The quantitative estimate of drug-likeness (QED) is 0.873. The van der Waals surface area contributed by atoms with Gasteiger partial charge in [-0.1, -0.05) is 17.8 Å². The first kappa shape index (κ1) is 17.2. The molecule has 2 aromatic heterocycles. The standard InChI is InChI=1S/C14H12F3N3O2S/c15-14(16,17)9-22-8-11(21)20-10-4-6-19-13(7-10)23-12-3-1-2-5-18-12/h1-7H,8-9H2,(H,19,20,21). The monoisotopic (exact) mass is 343 g/mol. The molecule has 0 bridgehead atoms. The Morgan fingerprint density at radius 1 is 1.17 bits per heavy atom.